The Morgan fingerprint density at radius 2 is 1.46 bits per heavy atom. The first-order valence-corrected chi connectivity index (χ1v) is 13.0. The van der Waals surface area contributed by atoms with Crippen LogP contribution in [0.3, 0.4) is 0 Å². The molecule has 2 aliphatic heterocycles. The maximum absolute atomic E-state index is 14.5. The van der Waals surface area contributed by atoms with Crippen LogP contribution in [-0.4, -0.2) is 11.7 Å². The van der Waals surface area contributed by atoms with Crippen LogP contribution in [0.1, 0.15) is 39.0 Å². The summed E-state index contributed by atoms with van der Waals surface area (Å²) in [5.41, 5.74) is 2.10. The molecule has 0 bridgehead atoms. The molecule has 1 saturated heterocycles. The molecular weight excluding hydrogens is 527 g/mol. The van der Waals surface area contributed by atoms with E-state index >= 15 is 0 Å². The van der Waals surface area contributed by atoms with Crippen LogP contribution < -0.4 is 10.6 Å². The molecule has 0 aromatic heterocycles. The van der Waals surface area contributed by atoms with Gasteiger partial charge in [-0.3, -0.25) is 14.9 Å². The first-order chi connectivity index (χ1) is 17.9. The van der Waals surface area contributed by atoms with E-state index in [1.807, 2.05) is 54.6 Å². The quantitative estimate of drug-likeness (QED) is 0.261. The van der Waals surface area contributed by atoms with Gasteiger partial charge in [-0.05, 0) is 59.7 Å². The zero-order valence-corrected chi connectivity index (χ0v) is 21.7. The van der Waals surface area contributed by atoms with Crippen molar-refractivity contribution in [3.05, 3.63) is 134 Å². The summed E-state index contributed by atoms with van der Waals surface area (Å²) in [5.74, 6) is -1.78. The number of Topliss-reactive ketones (excluding diaryl/α,β-unsaturated/α-hetero) is 1. The number of benzene rings is 4. The summed E-state index contributed by atoms with van der Waals surface area (Å²) in [6.45, 7) is 0. The van der Waals surface area contributed by atoms with Gasteiger partial charge in [-0.1, -0.05) is 83.3 Å². The molecular formula is C30H21Cl3N2O2. The minimum atomic E-state index is -1.37. The molecule has 2 unspecified atom stereocenters. The highest BCUT2D eigenvalue weighted by Crippen LogP contribution is 2.58. The summed E-state index contributed by atoms with van der Waals surface area (Å²) in [7, 11) is 0. The average Bonchev–Trinajstić information content (AvgIpc) is 3.40. The number of hydrogen-bond donors (Lipinski definition) is 2. The van der Waals surface area contributed by atoms with Crippen LogP contribution in [0.25, 0.3) is 0 Å². The SMILES string of the molecule is O=C(c1ccc(Cl)cc1)C1[C@H](c2ccccc2Cl)[C@@H](c2ccccc2)NC12C(=O)Nc1ccc(Cl)cc12. The molecule has 7 heteroatoms. The first kappa shape index (κ1) is 24.2. The number of fused-ring (bicyclic) bond motifs is 2. The number of ketones is 1. The van der Waals surface area contributed by atoms with Crippen LogP contribution in [0, 0.1) is 5.92 Å². The Morgan fingerprint density at radius 3 is 2.19 bits per heavy atom. The second-order valence-electron chi connectivity index (χ2n) is 9.38. The molecule has 4 atom stereocenters. The number of amides is 1. The molecule has 2 N–H and O–H groups in total. The standard InChI is InChI=1S/C30H21Cl3N2O2/c31-19-12-10-18(11-13-19)28(36)26-25(21-8-4-5-9-23(21)33)27(17-6-2-1-3-7-17)35-30(26)22-16-20(32)14-15-24(22)34-29(30)37/h1-16,25-27,35H,(H,34,37)/t25-,26?,27+,30?/m0/s1. The molecule has 1 amide bonds. The zero-order valence-electron chi connectivity index (χ0n) is 19.4. The van der Waals surface area contributed by atoms with Gasteiger partial charge in [-0.2, -0.15) is 0 Å². The Balaban J connectivity index is 1.65. The highest BCUT2D eigenvalue weighted by Gasteiger charge is 2.64. The van der Waals surface area contributed by atoms with Crippen molar-refractivity contribution in [2.24, 2.45) is 5.92 Å². The van der Waals surface area contributed by atoms with Crippen LogP contribution >= 0.6 is 34.8 Å². The number of nitrogens with one attached hydrogen (secondary N) is 2. The minimum Gasteiger partial charge on any atom is -0.324 e. The smallest absolute Gasteiger partial charge is 0.250 e. The van der Waals surface area contributed by atoms with Crippen molar-refractivity contribution in [1.29, 1.82) is 0 Å². The van der Waals surface area contributed by atoms with Crippen LogP contribution in [0.5, 0.6) is 0 Å². The van der Waals surface area contributed by atoms with E-state index in [0.29, 0.717) is 31.9 Å². The lowest BCUT2D eigenvalue weighted by atomic mass is 9.69. The summed E-state index contributed by atoms with van der Waals surface area (Å²) in [6, 6.07) is 29.0. The Labute approximate surface area is 229 Å². The van der Waals surface area contributed by atoms with Gasteiger partial charge in [0.2, 0.25) is 5.91 Å². The number of anilines is 1. The highest BCUT2D eigenvalue weighted by atomic mass is 35.5. The molecule has 1 spiro atoms. The van der Waals surface area contributed by atoms with Crippen molar-refractivity contribution in [3.8, 4) is 0 Å². The second-order valence-corrected chi connectivity index (χ2v) is 10.7. The molecule has 1 fully saturated rings. The topological polar surface area (TPSA) is 58.2 Å². The Hall–Kier alpha value is -3.15. The molecule has 4 aromatic carbocycles. The molecule has 184 valence electrons. The number of hydrogen-bond acceptors (Lipinski definition) is 3. The van der Waals surface area contributed by atoms with Gasteiger partial charge in [0.15, 0.2) is 5.78 Å². The molecule has 4 aromatic rings. The third kappa shape index (κ3) is 3.87. The lowest BCUT2D eigenvalue weighted by Crippen LogP contribution is -2.50. The van der Waals surface area contributed by atoms with Crippen molar-refractivity contribution < 1.29 is 9.59 Å². The molecule has 4 nitrogen and oxygen atoms in total. The van der Waals surface area contributed by atoms with Gasteiger partial charge in [-0.15, -0.1) is 0 Å². The normalized spacial score (nSPS) is 24.2. The van der Waals surface area contributed by atoms with Gasteiger partial charge >= 0.3 is 0 Å². The summed E-state index contributed by atoms with van der Waals surface area (Å²) in [4.78, 5) is 28.5. The van der Waals surface area contributed by atoms with Gasteiger partial charge in [0.05, 0.1) is 5.92 Å². The predicted molar refractivity (Wildman–Crippen MR) is 148 cm³/mol. The van der Waals surface area contributed by atoms with E-state index in [4.69, 9.17) is 34.8 Å². The summed E-state index contributed by atoms with van der Waals surface area (Å²) < 4.78 is 0. The lowest BCUT2D eigenvalue weighted by Gasteiger charge is -2.31. The summed E-state index contributed by atoms with van der Waals surface area (Å²) >= 11 is 19.3. The third-order valence-corrected chi connectivity index (χ3v) is 8.25. The first-order valence-electron chi connectivity index (χ1n) is 11.9. The third-order valence-electron chi connectivity index (χ3n) is 7.41. The van der Waals surface area contributed by atoms with Gasteiger partial charge in [-0.25, -0.2) is 0 Å². The van der Waals surface area contributed by atoms with E-state index in [1.54, 1.807) is 42.5 Å². The maximum atomic E-state index is 14.5. The molecule has 2 aliphatic rings. The van der Waals surface area contributed by atoms with Crippen LogP contribution in [-0.2, 0) is 10.3 Å². The van der Waals surface area contributed by atoms with E-state index in [0.717, 1.165) is 11.1 Å². The molecule has 6 rings (SSSR count). The highest BCUT2D eigenvalue weighted by molar-refractivity contribution is 6.32. The van der Waals surface area contributed by atoms with E-state index < -0.39 is 23.4 Å². The van der Waals surface area contributed by atoms with E-state index in [1.165, 1.54) is 0 Å². The Morgan fingerprint density at radius 1 is 0.784 bits per heavy atom. The molecule has 0 radical (unpaired) electrons. The predicted octanol–water partition coefficient (Wildman–Crippen LogP) is 7.42. The number of carbonyl (C=O) groups excluding carboxylic acids is 2. The number of carbonyl (C=O) groups is 2. The Kier molecular flexibility index (Phi) is 6.09. The fourth-order valence-corrected chi connectivity index (χ4v) is 6.40. The van der Waals surface area contributed by atoms with Crippen molar-refractivity contribution >= 4 is 52.2 Å². The van der Waals surface area contributed by atoms with Crippen LogP contribution in [0.2, 0.25) is 15.1 Å². The van der Waals surface area contributed by atoms with Crippen LogP contribution in [0.4, 0.5) is 5.69 Å². The van der Waals surface area contributed by atoms with Gasteiger partial charge < -0.3 is 5.32 Å². The largest absolute Gasteiger partial charge is 0.324 e. The van der Waals surface area contributed by atoms with Gasteiger partial charge in [0.25, 0.3) is 0 Å². The van der Waals surface area contributed by atoms with Gasteiger partial charge in [0, 0.05) is 43.8 Å². The maximum Gasteiger partial charge on any atom is 0.250 e. The minimum absolute atomic E-state index is 0.185. The van der Waals surface area contributed by atoms with Crippen molar-refractivity contribution in [3.63, 3.8) is 0 Å². The van der Waals surface area contributed by atoms with Crippen molar-refractivity contribution in [2.75, 3.05) is 5.32 Å². The van der Waals surface area contributed by atoms with E-state index in [2.05, 4.69) is 10.6 Å². The Bertz CT molecular complexity index is 1520. The van der Waals surface area contributed by atoms with Gasteiger partial charge in [0.1, 0.15) is 5.54 Å². The zero-order chi connectivity index (χ0) is 25.7. The second kappa shape index (κ2) is 9.30. The average molecular weight is 548 g/mol. The molecule has 0 saturated carbocycles. The lowest BCUT2D eigenvalue weighted by molar-refractivity contribution is -0.122. The molecule has 0 aliphatic carbocycles. The van der Waals surface area contributed by atoms with E-state index in [9.17, 15) is 9.59 Å². The number of halogens is 3. The fraction of sp³-hybridized carbons (Fsp3) is 0.133. The fourth-order valence-electron chi connectivity index (χ4n) is 5.84. The summed E-state index contributed by atoms with van der Waals surface area (Å²) in [5, 5.41) is 8.16. The number of rotatable bonds is 4. The summed E-state index contributed by atoms with van der Waals surface area (Å²) in [6.07, 6.45) is 0. The monoisotopic (exact) mass is 546 g/mol. The molecule has 37 heavy (non-hydrogen) atoms. The van der Waals surface area contributed by atoms with Crippen LogP contribution in [0.15, 0.2) is 97.1 Å². The van der Waals surface area contributed by atoms with Crippen molar-refractivity contribution in [1.82, 2.24) is 5.32 Å². The molecule has 2 heterocycles. The van der Waals surface area contributed by atoms with E-state index in [-0.39, 0.29) is 11.7 Å². The van der Waals surface area contributed by atoms with Crippen molar-refractivity contribution in [2.45, 2.75) is 17.5 Å².